The van der Waals surface area contributed by atoms with Gasteiger partial charge in [-0.15, -0.1) is 0 Å². The first-order valence-corrected chi connectivity index (χ1v) is 13.5. The average molecular weight is 520 g/mol. The molecule has 9 nitrogen and oxygen atoms in total. The minimum Gasteiger partial charge on any atom is -0.477 e. The molecule has 38 heavy (non-hydrogen) atoms. The lowest BCUT2D eigenvalue weighted by Crippen LogP contribution is -2.56. The van der Waals surface area contributed by atoms with Gasteiger partial charge in [0.25, 0.3) is 0 Å². The Morgan fingerprint density at radius 3 is 2.37 bits per heavy atom. The van der Waals surface area contributed by atoms with E-state index in [-0.39, 0.29) is 41.1 Å². The Morgan fingerprint density at radius 2 is 1.76 bits per heavy atom. The largest absolute Gasteiger partial charge is 0.477 e. The fraction of sp³-hybridized carbons (Fsp3) is 0.517. The highest BCUT2D eigenvalue weighted by Gasteiger charge is 2.55. The number of aromatic carboxylic acids is 1. The fourth-order valence-corrected chi connectivity index (χ4v) is 6.49. The molecule has 1 aliphatic heterocycles. The number of anilines is 1. The van der Waals surface area contributed by atoms with Crippen LogP contribution >= 0.6 is 0 Å². The number of aromatic nitrogens is 1. The number of rotatable bonds is 8. The Kier molecular flexibility index (Phi) is 7.13. The lowest BCUT2D eigenvalue weighted by atomic mass is 9.68. The summed E-state index contributed by atoms with van der Waals surface area (Å²) in [5, 5.41) is 11.9. The number of amides is 3. The van der Waals surface area contributed by atoms with Crippen molar-refractivity contribution in [1.82, 2.24) is 19.7 Å². The molecule has 5 rings (SSSR count). The summed E-state index contributed by atoms with van der Waals surface area (Å²) in [6, 6.07) is 15.0. The summed E-state index contributed by atoms with van der Waals surface area (Å²) in [5.41, 5.74) is 0.796. The second-order valence-electron chi connectivity index (χ2n) is 11.3. The molecule has 9 heteroatoms. The zero-order valence-electron chi connectivity index (χ0n) is 22.2. The maximum absolute atomic E-state index is 13.7. The number of hydrogen-bond donors (Lipinski definition) is 2. The molecule has 1 spiro atoms. The van der Waals surface area contributed by atoms with Crippen molar-refractivity contribution >= 4 is 23.7 Å². The number of carboxylic acid groups (broad SMARTS) is 1. The van der Waals surface area contributed by atoms with Gasteiger partial charge in [0.2, 0.25) is 5.91 Å². The first kappa shape index (κ1) is 26.2. The van der Waals surface area contributed by atoms with Crippen molar-refractivity contribution in [3.05, 3.63) is 59.8 Å². The van der Waals surface area contributed by atoms with Crippen molar-refractivity contribution in [1.29, 1.82) is 0 Å². The number of nitrogens with zero attached hydrogens (tertiary/aromatic N) is 4. The summed E-state index contributed by atoms with van der Waals surface area (Å²) < 4.78 is 0. The number of carbonyl (C=O) groups excluding carboxylic acids is 2. The number of pyridine rings is 1. The smallest absolute Gasteiger partial charge is 0.354 e. The average Bonchev–Trinajstić information content (AvgIpc) is 3.12. The predicted molar refractivity (Wildman–Crippen MR) is 144 cm³/mol. The van der Waals surface area contributed by atoms with Crippen LogP contribution in [0.1, 0.15) is 61.0 Å². The topological polar surface area (TPSA) is 106 Å². The molecule has 0 unspecified atom stereocenters. The third-order valence-corrected chi connectivity index (χ3v) is 8.97. The molecule has 2 N–H and O–H groups in total. The molecule has 2 saturated carbocycles. The van der Waals surface area contributed by atoms with E-state index in [4.69, 9.17) is 0 Å². The van der Waals surface area contributed by atoms with E-state index in [1.54, 1.807) is 11.0 Å². The summed E-state index contributed by atoms with van der Waals surface area (Å²) in [5.74, 6) is -0.844. The molecule has 1 aromatic heterocycles. The van der Waals surface area contributed by atoms with Gasteiger partial charge in [0.05, 0.1) is 5.54 Å². The zero-order chi connectivity index (χ0) is 26.9. The van der Waals surface area contributed by atoms with Crippen LogP contribution in [-0.2, 0) is 10.3 Å². The fourth-order valence-electron chi connectivity index (χ4n) is 6.49. The highest BCUT2D eigenvalue weighted by Crippen LogP contribution is 2.49. The van der Waals surface area contributed by atoms with Crippen molar-refractivity contribution < 1.29 is 19.5 Å². The quantitative estimate of drug-likeness (QED) is 0.546. The molecular formula is C29H37N5O4. The number of nitrogens with one attached hydrogen (secondary N) is 1. The molecule has 3 fully saturated rings. The first-order chi connectivity index (χ1) is 18.2. The summed E-state index contributed by atoms with van der Waals surface area (Å²) in [6.07, 6.45) is 7.13. The van der Waals surface area contributed by atoms with E-state index in [1.807, 2.05) is 6.07 Å². The number of hydrogen-bond acceptors (Lipinski definition) is 5. The van der Waals surface area contributed by atoms with E-state index in [0.29, 0.717) is 12.5 Å². The van der Waals surface area contributed by atoms with Crippen molar-refractivity contribution in [2.24, 2.45) is 5.92 Å². The predicted octanol–water partition coefficient (Wildman–Crippen LogP) is 4.03. The number of urea groups is 1. The van der Waals surface area contributed by atoms with E-state index < -0.39 is 5.97 Å². The lowest BCUT2D eigenvalue weighted by Gasteiger charge is -2.51. The van der Waals surface area contributed by atoms with Gasteiger partial charge in [-0.05, 0) is 76.2 Å². The van der Waals surface area contributed by atoms with E-state index in [9.17, 15) is 19.5 Å². The van der Waals surface area contributed by atoms with Gasteiger partial charge < -0.3 is 20.2 Å². The van der Waals surface area contributed by atoms with Crippen molar-refractivity contribution in [3.8, 4) is 0 Å². The second kappa shape index (κ2) is 10.4. The van der Waals surface area contributed by atoms with Gasteiger partial charge in [-0.2, -0.15) is 0 Å². The summed E-state index contributed by atoms with van der Waals surface area (Å²) in [7, 11) is 4.28. The van der Waals surface area contributed by atoms with Crippen molar-refractivity contribution in [2.45, 2.75) is 56.0 Å². The number of benzene rings is 1. The molecule has 2 heterocycles. The van der Waals surface area contributed by atoms with Gasteiger partial charge in [0, 0.05) is 18.6 Å². The Hall–Kier alpha value is -3.46. The van der Waals surface area contributed by atoms with Crippen LogP contribution in [0.25, 0.3) is 0 Å². The zero-order valence-corrected chi connectivity index (χ0v) is 22.2. The first-order valence-electron chi connectivity index (χ1n) is 13.5. The monoisotopic (exact) mass is 519 g/mol. The van der Waals surface area contributed by atoms with Gasteiger partial charge >= 0.3 is 12.0 Å². The maximum Gasteiger partial charge on any atom is 0.354 e. The summed E-state index contributed by atoms with van der Waals surface area (Å²) in [6.45, 7) is 1.19. The third kappa shape index (κ3) is 4.87. The van der Waals surface area contributed by atoms with Crippen molar-refractivity contribution in [2.75, 3.05) is 39.0 Å². The minimum absolute atomic E-state index is 0.0728. The molecule has 3 aliphatic rings. The standard InChI is InChI=1S/C29H37N5O4/c1-32(2)29(22-10-4-3-5-11-22)16-14-28(15-17-29)20-33(27(38)34(28)18-21-8-6-9-21)19-25(35)31-24-13-7-12-23(30-24)26(36)37/h3-5,7,10-13,21H,6,8-9,14-20H2,1-2H3,(H,36,37)(H,30,31,35). The van der Waals surface area contributed by atoms with E-state index in [2.05, 4.69) is 58.5 Å². The second-order valence-corrected chi connectivity index (χ2v) is 11.3. The Bertz CT molecular complexity index is 1190. The third-order valence-electron chi connectivity index (χ3n) is 8.97. The van der Waals surface area contributed by atoms with Gasteiger partial charge in [0.15, 0.2) is 5.69 Å². The Balaban J connectivity index is 1.33. The van der Waals surface area contributed by atoms with Gasteiger partial charge in [0.1, 0.15) is 12.4 Å². The number of carboxylic acids is 1. The van der Waals surface area contributed by atoms with Crippen LogP contribution in [0.3, 0.4) is 0 Å². The molecule has 0 radical (unpaired) electrons. The minimum atomic E-state index is -1.16. The molecule has 1 aromatic carbocycles. The van der Waals surface area contributed by atoms with E-state index in [0.717, 1.165) is 45.1 Å². The van der Waals surface area contributed by atoms with E-state index >= 15 is 0 Å². The molecule has 0 bridgehead atoms. The van der Waals surface area contributed by atoms with Crippen LogP contribution in [0, 0.1) is 5.92 Å². The van der Waals surface area contributed by atoms with Crippen LogP contribution in [0.15, 0.2) is 48.5 Å². The molecule has 1 saturated heterocycles. The van der Waals surface area contributed by atoms with E-state index in [1.165, 1.54) is 24.1 Å². The highest BCUT2D eigenvalue weighted by molar-refractivity contribution is 5.95. The van der Waals surface area contributed by atoms with Crippen LogP contribution in [0.5, 0.6) is 0 Å². The molecule has 2 aromatic rings. The molecule has 2 aliphatic carbocycles. The van der Waals surface area contributed by atoms with Crippen LogP contribution in [0.4, 0.5) is 10.6 Å². The Morgan fingerprint density at radius 1 is 1.05 bits per heavy atom. The van der Waals surface area contributed by atoms with Crippen LogP contribution < -0.4 is 5.32 Å². The van der Waals surface area contributed by atoms with Gasteiger partial charge in [-0.3, -0.25) is 9.69 Å². The maximum atomic E-state index is 13.7. The molecular weight excluding hydrogens is 482 g/mol. The highest BCUT2D eigenvalue weighted by atomic mass is 16.4. The Labute approximate surface area is 223 Å². The molecule has 3 amide bonds. The van der Waals surface area contributed by atoms with Gasteiger partial charge in [-0.1, -0.05) is 42.8 Å². The SMILES string of the molecule is CN(C)C1(c2ccccc2)CCC2(CC1)CN(CC(=O)Nc1cccc(C(=O)O)n1)C(=O)N2CC1CCC1. The van der Waals surface area contributed by atoms with Crippen molar-refractivity contribution in [3.63, 3.8) is 0 Å². The normalized spacial score (nSPS) is 25.6. The molecule has 0 atom stereocenters. The summed E-state index contributed by atoms with van der Waals surface area (Å²) in [4.78, 5) is 47.9. The lowest BCUT2D eigenvalue weighted by molar-refractivity contribution is -0.116. The molecule has 202 valence electrons. The summed E-state index contributed by atoms with van der Waals surface area (Å²) >= 11 is 0. The van der Waals surface area contributed by atoms with Crippen LogP contribution in [-0.4, -0.2) is 82.0 Å². The number of carbonyl (C=O) groups is 3. The van der Waals surface area contributed by atoms with Gasteiger partial charge in [-0.25, -0.2) is 14.6 Å². The van der Waals surface area contributed by atoms with Crippen LogP contribution in [0.2, 0.25) is 0 Å².